The molecule has 1 heterocycles. The first-order valence-electron chi connectivity index (χ1n) is 12.9. The van der Waals surface area contributed by atoms with Gasteiger partial charge in [-0.1, -0.05) is 55.8 Å². The Kier molecular flexibility index (Phi) is 9.78. The third kappa shape index (κ3) is 7.37. The number of methoxy groups -OCH3 is 1. The van der Waals surface area contributed by atoms with Crippen molar-refractivity contribution >= 4 is 17.6 Å². The van der Waals surface area contributed by atoms with Gasteiger partial charge in [-0.2, -0.15) is 13.2 Å². The molecule has 0 aliphatic carbocycles. The normalized spacial score (nSPS) is 16.8. The fourth-order valence-electron chi connectivity index (χ4n) is 4.73. The first-order valence-corrected chi connectivity index (χ1v) is 12.9. The van der Waals surface area contributed by atoms with Crippen molar-refractivity contribution in [1.29, 1.82) is 5.41 Å². The lowest BCUT2D eigenvalue weighted by Crippen LogP contribution is -2.44. The average Bonchev–Trinajstić information content (AvgIpc) is 3.37. The summed E-state index contributed by atoms with van der Waals surface area (Å²) in [5.41, 5.74) is 8.33. The predicted octanol–water partition coefficient (Wildman–Crippen LogP) is 6.60. The van der Waals surface area contributed by atoms with Gasteiger partial charge in [-0.3, -0.25) is 5.41 Å². The molecule has 1 unspecified atom stereocenters. The SMILES string of the molecule is C/C=C(\N=C(/OC)C1CCCN1C(=N)N)c1ccc(CCc2ccc(CCCC)cc2)c(C(F)(F)F)c1. The fraction of sp³-hybridized carbons (Fsp3) is 0.448. The molecule has 8 heteroatoms. The van der Waals surface area contributed by atoms with Gasteiger partial charge in [0.05, 0.1) is 18.4 Å². The quantitative estimate of drug-likeness (QED) is 0.293. The van der Waals surface area contributed by atoms with Gasteiger partial charge in [-0.15, -0.1) is 0 Å². The Morgan fingerprint density at radius 3 is 2.38 bits per heavy atom. The van der Waals surface area contributed by atoms with Gasteiger partial charge in [0.1, 0.15) is 6.04 Å². The van der Waals surface area contributed by atoms with E-state index in [0.717, 1.165) is 31.2 Å². The standard InChI is InChI=1S/C29H37F3N4O/c1-4-6-8-20-10-12-21(13-11-20)14-15-22-16-17-23(19-24(22)29(30,31)32)25(5-2)35-27(37-3)26-9-7-18-36(26)28(33)34/h5,10-13,16-17,19,26H,4,6-9,14-15,18H2,1-3H3,(H3,33,34)/b25-5-,35-27-. The molecule has 1 aliphatic rings. The Labute approximate surface area is 217 Å². The van der Waals surface area contributed by atoms with Crippen LogP contribution in [0.4, 0.5) is 13.2 Å². The van der Waals surface area contributed by atoms with Crippen molar-refractivity contribution in [3.05, 3.63) is 76.4 Å². The van der Waals surface area contributed by atoms with E-state index in [1.54, 1.807) is 30.0 Å². The summed E-state index contributed by atoms with van der Waals surface area (Å²) < 4.78 is 47.7. The largest absolute Gasteiger partial charge is 0.483 e. The van der Waals surface area contributed by atoms with Crippen LogP contribution in [0.5, 0.6) is 0 Å². The molecule has 0 aromatic heterocycles. The lowest BCUT2D eigenvalue weighted by molar-refractivity contribution is -0.138. The maximum Gasteiger partial charge on any atom is 0.416 e. The van der Waals surface area contributed by atoms with Crippen LogP contribution >= 0.6 is 0 Å². The van der Waals surface area contributed by atoms with E-state index in [-0.39, 0.29) is 24.0 Å². The van der Waals surface area contributed by atoms with Crippen molar-refractivity contribution in [3.8, 4) is 0 Å². The summed E-state index contributed by atoms with van der Waals surface area (Å²) >= 11 is 0. The van der Waals surface area contributed by atoms with E-state index in [1.165, 1.54) is 18.7 Å². The highest BCUT2D eigenvalue weighted by Crippen LogP contribution is 2.35. The summed E-state index contributed by atoms with van der Waals surface area (Å²) in [5.74, 6) is 0.259. The Morgan fingerprint density at radius 1 is 1.14 bits per heavy atom. The lowest BCUT2D eigenvalue weighted by atomic mass is 9.96. The Bertz CT molecular complexity index is 1120. The van der Waals surface area contributed by atoms with Gasteiger partial charge in [0.2, 0.25) is 5.90 Å². The Morgan fingerprint density at radius 2 is 1.81 bits per heavy atom. The van der Waals surface area contributed by atoms with E-state index in [2.05, 4.69) is 24.0 Å². The number of rotatable bonds is 9. The van der Waals surface area contributed by atoms with Gasteiger partial charge >= 0.3 is 6.18 Å². The van der Waals surface area contributed by atoms with Gasteiger partial charge in [0.25, 0.3) is 0 Å². The second-order valence-corrected chi connectivity index (χ2v) is 9.35. The number of nitrogens with zero attached hydrogens (tertiary/aromatic N) is 2. The van der Waals surface area contributed by atoms with E-state index in [9.17, 15) is 13.2 Å². The molecule has 37 heavy (non-hydrogen) atoms. The predicted molar refractivity (Wildman–Crippen MR) is 144 cm³/mol. The summed E-state index contributed by atoms with van der Waals surface area (Å²) in [6.45, 7) is 4.49. The molecule has 3 N–H and O–H groups in total. The van der Waals surface area contributed by atoms with E-state index in [1.807, 2.05) is 12.1 Å². The maximum absolute atomic E-state index is 14.1. The van der Waals surface area contributed by atoms with Crippen LogP contribution < -0.4 is 5.73 Å². The number of hydrogen-bond donors (Lipinski definition) is 2. The van der Waals surface area contributed by atoms with Crippen LogP contribution in [0, 0.1) is 5.41 Å². The molecule has 1 fully saturated rings. The number of alkyl halides is 3. The molecule has 200 valence electrons. The second kappa shape index (κ2) is 12.8. The fourth-order valence-corrected chi connectivity index (χ4v) is 4.73. The van der Waals surface area contributed by atoms with Crippen LogP contribution in [0.3, 0.4) is 0 Å². The lowest BCUT2D eigenvalue weighted by Gasteiger charge is -2.25. The van der Waals surface area contributed by atoms with Crippen LogP contribution in [0.15, 0.2) is 53.5 Å². The van der Waals surface area contributed by atoms with Crippen molar-refractivity contribution < 1.29 is 17.9 Å². The molecule has 0 bridgehead atoms. The number of benzene rings is 2. The van der Waals surface area contributed by atoms with Crippen LogP contribution in [0.25, 0.3) is 5.70 Å². The molecule has 3 rings (SSSR count). The molecule has 0 amide bonds. The van der Waals surface area contributed by atoms with Crippen LogP contribution in [-0.2, 0) is 30.2 Å². The van der Waals surface area contributed by atoms with E-state index < -0.39 is 11.7 Å². The van der Waals surface area contributed by atoms with Gasteiger partial charge in [-0.05, 0) is 68.2 Å². The second-order valence-electron chi connectivity index (χ2n) is 9.35. The van der Waals surface area contributed by atoms with Crippen molar-refractivity contribution in [2.45, 2.75) is 71.0 Å². The molecule has 0 spiro atoms. The van der Waals surface area contributed by atoms with Crippen LogP contribution in [0.1, 0.15) is 67.3 Å². The Balaban J connectivity index is 1.84. The van der Waals surface area contributed by atoms with Crippen molar-refractivity contribution in [2.75, 3.05) is 13.7 Å². The minimum atomic E-state index is -4.49. The van der Waals surface area contributed by atoms with E-state index >= 15 is 0 Å². The molecular formula is C29H37F3N4O. The molecule has 1 aliphatic heterocycles. The first-order chi connectivity index (χ1) is 17.7. The number of nitrogens with two attached hydrogens (primary N) is 1. The van der Waals surface area contributed by atoms with Gasteiger partial charge < -0.3 is 15.4 Å². The minimum absolute atomic E-state index is 0.0754. The molecule has 1 atom stereocenters. The number of guanidine groups is 1. The molecular weight excluding hydrogens is 477 g/mol. The van der Waals surface area contributed by atoms with Crippen molar-refractivity contribution in [1.82, 2.24) is 4.90 Å². The molecule has 0 radical (unpaired) electrons. The summed E-state index contributed by atoms with van der Waals surface area (Å²) in [6.07, 6.45) is 2.80. The number of nitrogens with one attached hydrogen (secondary N) is 1. The van der Waals surface area contributed by atoms with Crippen molar-refractivity contribution in [3.63, 3.8) is 0 Å². The van der Waals surface area contributed by atoms with Gasteiger partial charge in [0.15, 0.2) is 5.96 Å². The number of likely N-dealkylation sites (tertiary alicyclic amines) is 1. The zero-order valence-corrected chi connectivity index (χ0v) is 21.9. The highest BCUT2D eigenvalue weighted by molar-refractivity contribution is 5.91. The number of hydrogen-bond acceptors (Lipinski definition) is 3. The monoisotopic (exact) mass is 514 g/mol. The number of halogens is 3. The zero-order chi connectivity index (χ0) is 27.0. The highest BCUT2D eigenvalue weighted by Gasteiger charge is 2.34. The topological polar surface area (TPSA) is 74.7 Å². The summed E-state index contributed by atoms with van der Waals surface area (Å²) in [7, 11) is 1.48. The zero-order valence-electron chi connectivity index (χ0n) is 21.9. The van der Waals surface area contributed by atoms with Gasteiger partial charge in [-0.25, -0.2) is 4.99 Å². The number of aryl methyl sites for hydroxylation is 3. The van der Waals surface area contributed by atoms with Crippen molar-refractivity contribution in [2.24, 2.45) is 10.7 Å². The molecule has 2 aromatic carbocycles. The van der Waals surface area contributed by atoms with E-state index in [4.69, 9.17) is 15.9 Å². The number of aliphatic imine (C=N–C) groups is 1. The number of allylic oxidation sites excluding steroid dienone is 1. The molecule has 5 nitrogen and oxygen atoms in total. The smallest absolute Gasteiger partial charge is 0.416 e. The number of ether oxygens (including phenoxy) is 1. The average molecular weight is 515 g/mol. The third-order valence-corrected chi connectivity index (χ3v) is 6.80. The van der Waals surface area contributed by atoms with Gasteiger partial charge in [0, 0.05) is 12.1 Å². The summed E-state index contributed by atoms with van der Waals surface area (Å²) in [5, 5.41) is 7.79. The first kappa shape index (κ1) is 28.3. The van der Waals surface area contributed by atoms with Crippen LogP contribution in [-0.4, -0.2) is 36.5 Å². The molecule has 0 saturated carbocycles. The van der Waals surface area contributed by atoms with E-state index in [0.29, 0.717) is 36.5 Å². The molecule has 2 aromatic rings. The molecule has 1 saturated heterocycles. The number of unbranched alkanes of at least 4 members (excludes halogenated alkanes) is 1. The Hall–Kier alpha value is -3.29. The summed E-state index contributed by atoms with van der Waals surface area (Å²) in [6, 6.07) is 12.3. The van der Waals surface area contributed by atoms with Crippen LogP contribution in [0.2, 0.25) is 0 Å². The maximum atomic E-state index is 14.1. The third-order valence-electron chi connectivity index (χ3n) is 6.80. The summed E-state index contributed by atoms with van der Waals surface area (Å²) in [4.78, 5) is 6.26. The minimum Gasteiger partial charge on any atom is -0.483 e. The highest BCUT2D eigenvalue weighted by atomic mass is 19.4.